The van der Waals surface area contributed by atoms with Gasteiger partial charge in [-0.3, -0.25) is 9.59 Å². The first-order valence-electron chi connectivity index (χ1n) is 14.7. The molecule has 0 radical (unpaired) electrons. The van der Waals surface area contributed by atoms with Crippen LogP contribution >= 0.6 is 0 Å². The largest absolute Gasteiger partial charge is 0.465 e. The number of hydrogen-bond acceptors (Lipinski definition) is 5. The van der Waals surface area contributed by atoms with Crippen molar-refractivity contribution >= 4 is 11.9 Å². The highest BCUT2D eigenvalue weighted by Gasteiger charge is 2.41. The minimum absolute atomic E-state index is 0.00853. The summed E-state index contributed by atoms with van der Waals surface area (Å²) in [6, 6.07) is 0. The van der Waals surface area contributed by atoms with Gasteiger partial charge in [0.1, 0.15) is 0 Å². The molecule has 1 atom stereocenters. The number of nitrogens with one attached hydrogen (secondary N) is 1. The normalized spacial score (nSPS) is 24.5. The second-order valence-corrected chi connectivity index (χ2v) is 14.9. The van der Waals surface area contributed by atoms with Crippen molar-refractivity contribution in [2.45, 2.75) is 157 Å². The Morgan fingerprint density at radius 2 is 1.19 bits per heavy atom. The van der Waals surface area contributed by atoms with E-state index in [0.29, 0.717) is 6.61 Å². The SMILES string of the molecule is CC(CCCCCCCOC(=O)C1CC(C)(C)CCC(C)(C)C1)OC(=O)C1CC(C)(C)NC(C)(C)C1. The van der Waals surface area contributed by atoms with Crippen LogP contribution in [0, 0.1) is 22.7 Å². The Kier molecular flexibility index (Phi) is 10.9. The van der Waals surface area contributed by atoms with Crippen LogP contribution in [-0.4, -0.2) is 35.7 Å². The summed E-state index contributed by atoms with van der Waals surface area (Å²) in [6.45, 7) is 20.3. The Hall–Kier alpha value is -1.10. The molecule has 2 aliphatic rings. The maximum absolute atomic E-state index is 12.8. The number of ether oxygens (including phenoxy) is 2. The van der Waals surface area contributed by atoms with E-state index in [1.165, 1.54) is 12.8 Å². The van der Waals surface area contributed by atoms with Crippen LogP contribution in [0.3, 0.4) is 0 Å². The summed E-state index contributed by atoms with van der Waals surface area (Å²) in [5.41, 5.74) is 0.325. The molecule has 5 heteroatoms. The topological polar surface area (TPSA) is 64.6 Å². The molecule has 0 spiro atoms. The van der Waals surface area contributed by atoms with Crippen LogP contribution in [0.15, 0.2) is 0 Å². The molecular weight excluding hydrogens is 450 g/mol. The molecule has 1 heterocycles. The Morgan fingerprint density at radius 1 is 0.722 bits per heavy atom. The van der Waals surface area contributed by atoms with Crippen molar-refractivity contribution < 1.29 is 19.1 Å². The van der Waals surface area contributed by atoms with Crippen LogP contribution in [0.25, 0.3) is 0 Å². The molecule has 1 N–H and O–H groups in total. The number of carbonyl (C=O) groups is 2. The van der Waals surface area contributed by atoms with Crippen molar-refractivity contribution in [3.63, 3.8) is 0 Å². The first kappa shape index (κ1) is 31.1. The van der Waals surface area contributed by atoms with Gasteiger partial charge in [-0.05, 0) is 103 Å². The van der Waals surface area contributed by atoms with E-state index < -0.39 is 0 Å². The third-order valence-electron chi connectivity index (χ3n) is 8.25. The summed E-state index contributed by atoms with van der Waals surface area (Å²) in [5.74, 6) is -0.0260. The Labute approximate surface area is 222 Å². The lowest BCUT2D eigenvalue weighted by Gasteiger charge is -2.45. The Balaban J connectivity index is 1.57. The van der Waals surface area contributed by atoms with Gasteiger partial charge in [0.25, 0.3) is 0 Å². The molecule has 0 aromatic rings. The lowest BCUT2D eigenvalue weighted by Crippen LogP contribution is -2.59. The fourth-order valence-electron chi connectivity index (χ4n) is 6.65. The summed E-state index contributed by atoms with van der Waals surface area (Å²) < 4.78 is 11.5. The van der Waals surface area contributed by atoms with E-state index in [0.717, 1.165) is 64.2 Å². The Bertz CT molecular complexity index is 690. The molecule has 36 heavy (non-hydrogen) atoms. The standard InChI is InChI=1S/C31H57NO4/c1-23(36-27(34)25-21-30(6,7)32-31(8,9)22-25)15-13-11-10-12-14-18-35-26(33)24-19-28(2,3)16-17-29(4,5)20-24/h23-25,32H,10-22H2,1-9H3. The molecule has 5 nitrogen and oxygen atoms in total. The van der Waals surface area contributed by atoms with Crippen LogP contribution in [-0.2, 0) is 19.1 Å². The maximum Gasteiger partial charge on any atom is 0.309 e. The molecule has 1 aliphatic heterocycles. The van der Waals surface area contributed by atoms with Gasteiger partial charge in [0.05, 0.1) is 24.5 Å². The molecular formula is C31H57NO4. The van der Waals surface area contributed by atoms with E-state index in [1.54, 1.807) is 0 Å². The predicted molar refractivity (Wildman–Crippen MR) is 148 cm³/mol. The molecule has 1 saturated heterocycles. The van der Waals surface area contributed by atoms with Crippen molar-refractivity contribution in [1.29, 1.82) is 0 Å². The van der Waals surface area contributed by atoms with Crippen molar-refractivity contribution in [3.05, 3.63) is 0 Å². The van der Waals surface area contributed by atoms with Gasteiger partial charge >= 0.3 is 11.9 Å². The quantitative estimate of drug-likeness (QED) is 0.177. The van der Waals surface area contributed by atoms with E-state index in [2.05, 4.69) is 60.7 Å². The van der Waals surface area contributed by atoms with E-state index in [4.69, 9.17) is 9.47 Å². The van der Waals surface area contributed by atoms with Gasteiger partial charge in [-0.15, -0.1) is 0 Å². The summed E-state index contributed by atoms with van der Waals surface area (Å²) >= 11 is 0. The highest BCUT2D eigenvalue weighted by atomic mass is 16.5. The first-order valence-corrected chi connectivity index (χ1v) is 14.7. The van der Waals surface area contributed by atoms with Crippen molar-refractivity contribution in [1.82, 2.24) is 5.32 Å². The number of unbranched alkanes of at least 4 members (excludes halogenated alkanes) is 4. The summed E-state index contributed by atoms with van der Waals surface area (Å²) in [7, 11) is 0. The van der Waals surface area contributed by atoms with Crippen LogP contribution in [0.1, 0.15) is 139 Å². The molecule has 210 valence electrons. The number of esters is 2. The zero-order valence-electron chi connectivity index (χ0n) is 25.1. The smallest absolute Gasteiger partial charge is 0.309 e. The molecule has 0 aromatic heterocycles. The number of hydrogen-bond donors (Lipinski definition) is 1. The first-order chi connectivity index (χ1) is 16.5. The second kappa shape index (κ2) is 12.6. The highest BCUT2D eigenvalue weighted by Crippen LogP contribution is 2.45. The van der Waals surface area contributed by atoms with E-state index in [-0.39, 0.29) is 51.8 Å². The zero-order chi connectivity index (χ0) is 27.2. The third kappa shape index (κ3) is 11.1. The lowest BCUT2D eigenvalue weighted by molar-refractivity contribution is -0.157. The van der Waals surface area contributed by atoms with Gasteiger partial charge in [0.2, 0.25) is 0 Å². The molecule has 0 amide bonds. The fraction of sp³-hybridized carbons (Fsp3) is 0.935. The highest BCUT2D eigenvalue weighted by molar-refractivity contribution is 5.73. The minimum atomic E-state index is -0.0497. The molecule has 1 saturated carbocycles. The average Bonchev–Trinajstić information content (AvgIpc) is 2.82. The minimum Gasteiger partial charge on any atom is -0.465 e. The summed E-state index contributed by atoms with van der Waals surface area (Å²) in [5, 5.41) is 3.63. The third-order valence-corrected chi connectivity index (χ3v) is 8.25. The van der Waals surface area contributed by atoms with Crippen molar-refractivity contribution in [2.75, 3.05) is 6.61 Å². The monoisotopic (exact) mass is 507 g/mol. The predicted octanol–water partition coefficient (Wildman–Crippen LogP) is 7.60. The zero-order valence-corrected chi connectivity index (χ0v) is 25.1. The molecule has 1 unspecified atom stereocenters. The second-order valence-electron chi connectivity index (χ2n) is 14.9. The van der Waals surface area contributed by atoms with Gasteiger partial charge in [0.15, 0.2) is 0 Å². The molecule has 0 aromatic carbocycles. The van der Waals surface area contributed by atoms with E-state index in [1.807, 2.05) is 6.92 Å². The Morgan fingerprint density at radius 3 is 1.75 bits per heavy atom. The van der Waals surface area contributed by atoms with Crippen molar-refractivity contribution in [2.24, 2.45) is 22.7 Å². The van der Waals surface area contributed by atoms with Crippen LogP contribution in [0.4, 0.5) is 0 Å². The summed E-state index contributed by atoms with van der Waals surface area (Å²) in [6.07, 6.45) is 12.0. The van der Waals surface area contributed by atoms with Crippen LogP contribution in [0.5, 0.6) is 0 Å². The van der Waals surface area contributed by atoms with Gasteiger partial charge < -0.3 is 14.8 Å². The van der Waals surface area contributed by atoms with Crippen LogP contribution < -0.4 is 5.32 Å². The maximum atomic E-state index is 12.8. The number of piperidine rings is 1. The van der Waals surface area contributed by atoms with Crippen LogP contribution in [0.2, 0.25) is 0 Å². The molecule has 1 aliphatic carbocycles. The fourth-order valence-corrected chi connectivity index (χ4v) is 6.65. The average molecular weight is 508 g/mol. The van der Waals surface area contributed by atoms with E-state index >= 15 is 0 Å². The van der Waals surface area contributed by atoms with Crippen molar-refractivity contribution in [3.8, 4) is 0 Å². The van der Waals surface area contributed by atoms with Gasteiger partial charge in [-0.2, -0.15) is 0 Å². The van der Waals surface area contributed by atoms with E-state index in [9.17, 15) is 9.59 Å². The van der Waals surface area contributed by atoms with Gasteiger partial charge in [-0.1, -0.05) is 47.0 Å². The van der Waals surface area contributed by atoms with Gasteiger partial charge in [-0.25, -0.2) is 0 Å². The molecule has 2 fully saturated rings. The molecule has 0 bridgehead atoms. The molecule has 2 rings (SSSR count). The summed E-state index contributed by atoms with van der Waals surface area (Å²) in [4.78, 5) is 25.5. The lowest BCUT2D eigenvalue weighted by atomic mass is 9.76. The number of carbonyl (C=O) groups excluding carboxylic acids is 2. The number of rotatable bonds is 11. The van der Waals surface area contributed by atoms with Gasteiger partial charge in [0, 0.05) is 11.1 Å².